The number of quaternary nitrogens is 1. The van der Waals surface area contributed by atoms with Gasteiger partial charge >= 0.3 is 5.97 Å². The number of rotatable bonds is 37. The van der Waals surface area contributed by atoms with E-state index in [0.717, 1.165) is 30.5 Å². The number of unbranched alkanes of at least 4 members (excludes halogenated alkanes) is 25. The lowest BCUT2D eigenvalue weighted by Crippen LogP contribution is -3.00. The van der Waals surface area contributed by atoms with Crippen molar-refractivity contribution in [2.24, 2.45) is 0 Å². The molecule has 272 valence electrons. The third kappa shape index (κ3) is 33.6. The SMILES string of the molecule is CCCCCCCCCCCCCCCC[N+](CC)(CC)CCOCCOC(=O)CCCCCCCCCCCCCCC.[Br-]. The number of halogens is 1. The Morgan fingerprint density at radius 3 is 1.16 bits per heavy atom. The molecule has 0 rings (SSSR count). The zero-order valence-electron chi connectivity index (χ0n) is 31.3. The van der Waals surface area contributed by atoms with Gasteiger partial charge in [-0.15, -0.1) is 0 Å². The lowest BCUT2D eigenvalue weighted by atomic mass is 10.0. The average molecular weight is 705 g/mol. The van der Waals surface area contributed by atoms with Crippen LogP contribution in [0.25, 0.3) is 0 Å². The van der Waals surface area contributed by atoms with Gasteiger partial charge in [-0.05, 0) is 33.1 Å². The van der Waals surface area contributed by atoms with Gasteiger partial charge in [0.25, 0.3) is 0 Å². The minimum absolute atomic E-state index is 0. The Balaban J connectivity index is 0. The van der Waals surface area contributed by atoms with Crippen LogP contribution in [0.1, 0.15) is 207 Å². The van der Waals surface area contributed by atoms with Crippen molar-refractivity contribution in [2.75, 3.05) is 46.0 Å². The van der Waals surface area contributed by atoms with Crippen molar-refractivity contribution in [1.82, 2.24) is 0 Å². The van der Waals surface area contributed by atoms with Crippen molar-refractivity contribution in [2.45, 2.75) is 207 Å². The summed E-state index contributed by atoms with van der Waals surface area (Å²) in [4.78, 5) is 12.1. The molecule has 0 bridgehead atoms. The number of carbonyl (C=O) groups excluding carboxylic acids is 1. The lowest BCUT2D eigenvalue weighted by molar-refractivity contribution is -0.925. The molecule has 0 atom stereocenters. The highest BCUT2D eigenvalue weighted by Gasteiger charge is 2.22. The van der Waals surface area contributed by atoms with Gasteiger partial charge in [0.2, 0.25) is 0 Å². The van der Waals surface area contributed by atoms with Crippen LogP contribution in [0.5, 0.6) is 0 Å². The van der Waals surface area contributed by atoms with Crippen molar-refractivity contribution in [3.8, 4) is 0 Å². The van der Waals surface area contributed by atoms with Gasteiger partial charge in [0.05, 0.1) is 32.8 Å². The van der Waals surface area contributed by atoms with E-state index in [9.17, 15) is 4.79 Å². The molecule has 4 nitrogen and oxygen atoms in total. The second-order valence-corrected chi connectivity index (χ2v) is 13.8. The predicted molar refractivity (Wildman–Crippen MR) is 193 cm³/mol. The molecule has 0 unspecified atom stereocenters. The lowest BCUT2D eigenvalue weighted by Gasteiger charge is -2.37. The zero-order chi connectivity index (χ0) is 32.2. The molecule has 0 N–H and O–H groups in total. The summed E-state index contributed by atoms with van der Waals surface area (Å²) in [6.07, 6.45) is 37.6. The summed E-state index contributed by atoms with van der Waals surface area (Å²) in [6, 6.07) is 0. The first-order chi connectivity index (χ1) is 21.6. The van der Waals surface area contributed by atoms with Gasteiger partial charge in [-0.25, -0.2) is 0 Å². The largest absolute Gasteiger partial charge is 1.00 e. The van der Waals surface area contributed by atoms with Crippen LogP contribution in [0, 0.1) is 0 Å². The van der Waals surface area contributed by atoms with Crippen LogP contribution >= 0.6 is 0 Å². The van der Waals surface area contributed by atoms with Crippen LogP contribution in [-0.4, -0.2) is 56.5 Å². The molecule has 0 aromatic rings. The normalized spacial score (nSPS) is 11.6. The Bertz CT molecular complexity index is 570. The Kier molecular flexibility index (Phi) is 40.0. The number of esters is 1. The number of nitrogens with zero attached hydrogens (tertiary/aromatic N) is 1. The Morgan fingerprint density at radius 2 is 0.778 bits per heavy atom. The topological polar surface area (TPSA) is 35.5 Å². The Hall–Kier alpha value is -0.130. The molecule has 0 fully saturated rings. The smallest absolute Gasteiger partial charge is 0.305 e. The van der Waals surface area contributed by atoms with E-state index in [1.54, 1.807) is 0 Å². The molecule has 0 aromatic heterocycles. The van der Waals surface area contributed by atoms with E-state index in [-0.39, 0.29) is 23.0 Å². The molecule has 45 heavy (non-hydrogen) atoms. The highest BCUT2D eigenvalue weighted by molar-refractivity contribution is 5.69. The monoisotopic (exact) mass is 704 g/mol. The predicted octanol–water partition coefficient (Wildman–Crippen LogP) is 9.37. The van der Waals surface area contributed by atoms with Crippen LogP contribution in [-0.2, 0) is 14.3 Å². The van der Waals surface area contributed by atoms with Gasteiger partial charge in [-0.3, -0.25) is 4.79 Å². The van der Waals surface area contributed by atoms with Crippen molar-refractivity contribution < 1.29 is 35.7 Å². The van der Waals surface area contributed by atoms with E-state index in [4.69, 9.17) is 9.47 Å². The van der Waals surface area contributed by atoms with Crippen molar-refractivity contribution >= 4 is 5.97 Å². The van der Waals surface area contributed by atoms with E-state index in [2.05, 4.69) is 27.7 Å². The first-order valence-electron chi connectivity index (χ1n) is 20.2. The minimum Gasteiger partial charge on any atom is -1.00 e. The molecule has 0 aliphatic carbocycles. The highest BCUT2D eigenvalue weighted by Crippen LogP contribution is 2.16. The molecule has 0 saturated heterocycles. The fourth-order valence-corrected chi connectivity index (χ4v) is 6.54. The van der Waals surface area contributed by atoms with E-state index >= 15 is 0 Å². The molecule has 0 spiro atoms. The fourth-order valence-electron chi connectivity index (χ4n) is 6.54. The number of likely N-dealkylation sites (N-methyl/N-ethyl adjacent to an activating group) is 1. The van der Waals surface area contributed by atoms with Crippen LogP contribution in [0.3, 0.4) is 0 Å². The van der Waals surface area contributed by atoms with Gasteiger partial charge in [0.1, 0.15) is 13.2 Å². The van der Waals surface area contributed by atoms with Gasteiger partial charge in [0, 0.05) is 6.42 Å². The standard InChI is InChI=1S/C40H82NO3.BrH/c1-5-9-11-13-15-17-19-21-23-25-27-29-31-33-35-41(7-3,8-4)36-37-43-38-39-44-40(42)34-32-30-28-26-24-22-20-18-16-14-12-10-6-2;/h5-39H2,1-4H3;1H/q+1;/p-1. The minimum atomic E-state index is -0.0540. The molecule has 0 aromatic carbocycles. The number of hydrogen-bond acceptors (Lipinski definition) is 3. The van der Waals surface area contributed by atoms with Crippen molar-refractivity contribution in [3.05, 3.63) is 0 Å². The number of hydrogen-bond donors (Lipinski definition) is 0. The quantitative estimate of drug-likeness (QED) is 0.0368. The molecule has 5 heteroatoms. The average Bonchev–Trinajstić information content (AvgIpc) is 3.04. The van der Waals surface area contributed by atoms with E-state index in [1.807, 2.05) is 0 Å². The first kappa shape index (κ1) is 47.0. The summed E-state index contributed by atoms with van der Waals surface area (Å²) in [5.41, 5.74) is 0. The van der Waals surface area contributed by atoms with E-state index < -0.39 is 0 Å². The van der Waals surface area contributed by atoms with Crippen LogP contribution in [0.4, 0.5) is 0 Å². The van der Waals surface area contributed by atoms with Crippen molar-refractivity contribution in [1.29, 1.82) is 0 Å². The fraction of sp³-hybridized carbons (Fsp3) is 0.975. The van der Waals surface area contributed by atoms with Crippen molar-refractivity contribution in [3.63, 3.8) is 0 Å². The van der Waals surface area contributed by atoms with Gasteiger partial charge < -0.3 is 30.9 Å². The molecule has 0 amide bonds. The maximum absolute atomic E-state index is 12.1. The maximum atomic E-state index is 12.1. The van der Waals surface area contributed by atoms with Gasteiger partial charge in [-0.2, -0.15) is 0 Å². The second kappa shape index (κ2) is 38.3. The van der Waals surface area contributed by atoms with Crippen LogP contribution in [0.2, 0.25) is 0 Å². The number of carbonyl (C=O) groups is 1. The van der Waals surface area contributed by atoms with Gasteiger partial charge in [0.15, 0.2) is 0 Å². The highest BCUT2D eigenvalue weighted by atomic mass is 79.9. The third-order valence-corrected chi connectivity index (χ3v) is 10.0. The summed E-state index contributed by atoms with van der Waals surface area (Å²) < 4.78 is 12.5. The molecule has 0 saturated carbocycles. The second-order valence-electron chi connectivity index (χ2n) is 13.8. The zero-order valence-corrected chi connectivity index (χ0v) is 32.9. The molecular formula is C40H82BrNO3. The summed E-state index contributed by atoms with van der Waals surface area (Å²) in [5.74, 6) is -0.0540. The molecule has 0 radical (unpaired) electrons. The molecule has 0 aliphatic heterocycles. The maximum Gasteiger partial charge on any atom is 0.305 e. The Morgan fingerprint density at radius 1 is 0.422 bits per heavy atom. The summed E-state index contributed by atoms with van der Waals surface area (Å²) in [5, 5.41) is 0. The third-order valence-electron chi connectivity index (χ3n) is 10.0. The first-order valence-corrected chi connectivity index (χ1v) is 20.2. The molecule has 0 aliphatic rings. The van der Waals surface area contributed by atoms with Crippen LogP contribution in [0.15, 0.2) is 0 Å². The van der Waals surface area contributed by atoms with E-state index in [0.29, 0.717) is 19.6 Å². The Labute approximate surface area is 294 Å². The van der Waals surface area contributed by atoms with Gasteiger partial charge in [-0.1, -0.05) is 168 Å². The van der Waals surface area contributed by atoms with Crippen LogP contribution < -0.4 is 17.0 Å². The van der Waals surface area contributed by atoms with E-state index in [1.165, 1.54) is 180 Å². The molecule has 0 heterocycles. The molecular weight excluding hydrogens is 622 g/mol. The summed E-state index contributed by atoms with van der Waals surface area (Å²) in [7, 11) is 0. The summed E-state index contributed by atoms with van der Waals surface area (Å²) in [6.45, 7) is 15.6. The summed E-state index contributed by atoms with van der Waals surface area (Å²) >= 11 is 0. The number of ether oxygens (including phenoxy) is 2.